The molecular formula is C18H20N2O5. The van der Waals surface area contributed by atoms with E-state index >= 15 is 0 Å². The van der Waals surface area contributed by atoms with Crippen LogP contribution in [0.3, 0.4) is 0 Å². The molecule has 3 rings (SSSR count). The summed E-state index contributed by atoms with van der Waals surface area (Å²) < 4.78 is 7.01. The summed E-state index contributed by atoms with van der Waals surface area (Å²) in [7, 11) is 0. The Labute approximate surface area is 143 Å². The summed E-state index contributed by atoms with van der Waals surface area (Å²) in [5.74, 6) is -0.702. The Balaban J connectivity index is 1.79. The largest absolute Gasteiger partial charge is 0.458 e. The number of aryl methyl sites for hydroxylation is 1. The first-order valence-electron chi connectivity index (χ1n) is 8.18. The summed E-state index contributed by atoms with van der Waals surface area (Å²) in [6, 6.07) is 8.40. The van der Waals surface area contributed by atoms with Gasteiger partial charge in [-0.05, 0) is 25.5 Å². The number of aliphatic hydroxyl groups excluding tert-OH is 1. The van der Waals surface area contributed by atoms with Gasteiger partial charge in [-0.25, -0.2) is 9.59 Å². The number of ether oxygens (including phenoxy) is 1. The molecule has 1 saturated carbocycles. The van der Waals surface area contributed by atoms with Crippen LogP contribution in [0.5, 0.6) is 0 Å². The molecule has 1 aliphatic rings. The Morgan fingerprint density at radius 3 is 2.68 bits per heavy atom. The van der Waals surface area contributed by atoms with Crippen molar-refractivity contribution in [3.8, 4) is 0 Å². The third-order valence-corrected chi connectivity index (χ3v) is 4.65. The van der Waals surface area contributed by atoms with Crippen molar-refractivity contribution in [3.05, 3.63) is 68.5 Å². The summed E-state index contributed by atoms with van der Waals surface area (Å²) in [5, 5.41) is 9.62. The van der Waals surface area contributed by atoms with E-state index in [4.69, 9.17) is 4.74 Å². The van der Waals surface area contributed by atoms with Crippen LogP contribution in [-0.4, -0.2) is 33.3 Å². The number of nitrogens with one attached hydrogen (secondary N) is 1. The number of esters is 1. The van der Waals surface area contributed by atoms with Gasteiger partial charge in [-0.1, -0.05) is 18.2 Å². The molecule has 0 unspecified atom stereocenters. The lowest BCUT2D eigenvalue weighted by molar-refractivity contribution is 0.0127. The average molecular weight is 344 g/mol. The summed E-state index contributed by atoms with van der Waals surface area (Å²) in [5.41, 5.74) is -0.0260. The highest BCUT2D eigenvalue weighted by molar-refractivity contribution is 5.89. The molecule has 2 aromatic rings. The zero-order chi connectivity index (χ0) is 18.0. The monoisotopic (exact) mass is 344 g/mol. The number of carbonyl (C=O) groups excluding carboxylic acids is 1. The van der Waals surface area contributed by atoms with Crippen molar-refractivity contribution >= 4 is 5.97 Å². The highest BCUT2D eigenvalue weighted by Crippen LogP contribution is 2.36. The fraction of sp³-hybridized carbons (Fsp3) is 0.389. The van der Waals surface area contributed by atoms with Gasteiger partial charge in [0, 0.05) is 36.7 Å². The second-order valence-corrected chi connectivity index (χ2v) is 6.36. The molecule has 3 atom stereocenters. The van der Waals surface area contributed by atoms with Crippen LogP contribution < -0.4 is 11.2 Å². The van der Waals surface area contributed by atoms with Crippen molar-refractivity contribution in [3.63, 3.8) is 0 Å². The Bertz CT molecular complexity index is 871. The number of rotatable bonds is 4. The number of aromatic nitrogens is 2. The predicted molar refractivity (Wildman–Crippen MR) is 90.6 cm³/mol. The molecule has 2 N–H and O–H groups in total. The quantitative estimate of drug-likeness (QED) is 0.806. The van der Waals surface area contributed by atoms with Crippen LogP contribution in [0.4, 0.5) is 0 Å². The van der Waals surface area contributed by atoms with Gasteiger partial charge in [-0.2, -0.15) is 0 Å². The van der Waals surface area contributed by atoms with E-state index in [9.17, 15) is 19.5 Å². The zero-order valence-electron chi connectivity index (χ0n) is 13.8. The van der Waals surface area contributed by atoms with Crippen LogP contribution in [0, 0.1) is 12.8 Å². The van der Waals surface area contributed by atoms with Gasteiger partial charge in [0.25, 0.3) is 5.56 Å². The van der Waals surface area contributed by atoms with Crippen LogP contribution in [-0.2, 0) is 4.74 Å². The maximum atomic E-state index is 12.3. The SMILES string of the molecule is Cc1cn([C@H]2C[C@@H](CO)[C@H](OC(=O)c3ccccc3)C2)c(=O)[nH]c1=O. The summed E-state index contributed by atoms with van der Waals surface area (Å²) in [4.78, 5) is 38.1. The van der Waals surface area contributed by atoms with Gasteiger partial charge in [-0.15, -0.1) is 0 Å². The summed E-state index contributed by atoms with van der Waals surface area (Å²) in [6.45, 7) is 1.49. The van der Waals surface area contributed by atoms with Gasteiger partial charge in [-0.3, -0.25) is 14.3 Å². The van der Waals surface area contributed by atoms with Crippen LogP contribution in [0.2, 0.25) is 0 Å². The van der Waals surface area contributed by atoms with Crippen molar-refractivity contribution in [1.82, 2.24) is 9.55 Å². The Hall–Kier alpha value is -2.67. The third-order valence-electron chi connectivity index (χ3n) is 4.65. The van der Waals surface area contributed by atoms with Crippen molar-refractivity contribution in [2.24, 2.45) is 5.92 Å². The molecular weight excluding hydrogens is 324 g/mol. The molecule has 1 heterocycles. The molecule has 132 valence electrons. The van der Waals surface area contributed by atoms with E-state index < -0.39 is 23.3 Å². The minimum atomic E-state index is -0.493. The lowest BCUT2D eigenvalue weighted by atomic mass is 10.1. The topological polar surface area (TPSA) is 101 Å². The zero-order valence-corrected chi connectivity index (χ0v) is 13.8. The maximum Gasteiger partial charge on any atom is 0.338 e. The van der Waals surface area contributed by atoms with Gasteiger partial charge < -0.3 is 9.84 Å². The number of nitrogens with zero attached hydrogens (tertiary/aromatic N) is 1. The second kappa shape index (κ2) is 7.06. The molecule has 1 aliphatic carbocycles. The molecule has 25 heavy (non-hydrogen) atoms. The molecule has 7 heteroatoms. The van der Waals surface area contributed by atoms with E-state index in [0.29, 0.717) is 24.0 Å². The number of aromatic amines is 1. The maximum absolute atomic E-state index is 12.3. The van der Waals surface area contributed by atoms with E-state index in [1.54, 1.807) is 31.2 Å². The van der Waals surface area contributed by atoms with Gasteiger partial charge in [0.15, 0.2) is 0 Å². The number of aliphatic hydroxyl groups is 1. The Morgan fingerprint density at radius 1 is 1.28 bits per heavy atom. The predicted octanol–water partition coefficient (Wildman–Crippen LogP) is 1.01. The minimum Gasteiger partial charge on any atom is -0.458 e. The molecule has 0 spiro atoms. The first kappa shape index (κ1) is 17.2. The van der Waals surface area contributed by atoms with Crippen LogP contribution in [0.1, 0.15) is 34.8 Å². The highest BCUT2D eigenvalue weighted by atomic mass is 16.5. The number of carbonyl (C=O) groups is 1. The lowest BCUT2D eigenvalue weighted by Crippen LogP contribution is -2.32. The summed E-state index contributed by atoms with van der Waals surface area (Å²) >= 11 is 0. The van der Waals surface area contributed by atoms with Crippen molar-refractivity contribution in [2.75, 3.05) is 6.61 Å². The number of hydrogen-bond acceptors (Lipinski definition) is 5. The second-order valence-electron chi connectivity index (χ2n) is 6.36. The molecule has 0 radical (unpaired) electrons. The van der Waals surface area contributed by atoms with E-state index in [1.165, 1.54) is 10.8 Å². The van der Waals surface area contributed by atoms with Gasteiger partial charge in [0.05, 0.1) is 5.56 Å². The van der Waals surface area contributed by atoms with Crippen molar-refractivity contribution < 1.29 is 14.6 Å². The molecule has 0 bridgehead atoms. The molecule has 0 aliphatic heterocycles. The van der Waals surface area contributed by atoms with Crippen LogP contribution in [0.25, 0.3) is 0 Å². The van der Waals surface area contributed by atoms with E-state index in [0.717, 1.165) is 0 Å². The van der Waals surface area contributed by atoms with E-state index in [2.05, 4.69) is 4.98 Å². The first-order chi connectivity index (χ1) is 12.0. The molecule has 0 amide bonds. The fourth-order valence-electron chi connectivity index (χ4n) is 3.26. The standard InChI is InChI=1S/C18H20N2O5/c1-11-9-20(18(24)19-16(11)22)14-7-13(10-21)15(8-14)25-17(23)12-5-3-2-4-6-12/h2-6,9,13-15,21H,7-8,10H2,1H3,(H,19,22,24)/t13-,14-,15+/m0/s1. The molecule has 7 nitrogen and oxygen atoms in total. The number of benzene rings is 1. The normalized spacial score (nSPS) is 22.7. The highest BCUT2D eigenvalue weighted by Gasteiger charge is 2.38. The molecule has 1 fully saturated rings. The van der Waals surface area contributed by atoms with E-state index in [1.807, 2.05) is 6.07 Å². The van der Waals surface area contributed by atoms with Gasteiger partial charge in [0.2, 0.25) is 0 Å². The molecule has 1 aromatic heterocycles. The van der Waals surface area contributed by atoms with Crippen LogP contribution in [0.15, 0.2) is 46.1 Å². The average Bonchev–Trinajstić information content (AvgIpc) is 3.01. The van der Waals surface area contributed by atoms with E-state index in [-0.39, 0.29) is 18.6 Å². The Kier molecular flexibility index (Phi) is 4.85. The third kappa shape index (κ3) is 3.56. The van der Waals surface area contributed by atoms with Crippen molar-refractivity contribution in [1.29, 1.82) is 0 Å². The first-order valence-corrected chi connectivity index (χ1v) is 8.18. The minimum absolute atomic E-state index is 0.139. The Morgan fingerprint density at radius 2 is 2.00 bits per heavy atom. The molecule has 1 aromatic carbocycles. The van der Waals surface area contributed by atoms with Crippen LogP contribution >= 0.6 is 0 Å². The number of H-pyrrole nitrogens is 1. The number of hydrogen-bond donors (Lipinski definition) is 2. The van der Waals surface area contributed by atoms with Gasteiger partial charge >= 0.3 is 11.7 Å². The fourth-order valence-corrected chi connectivity index (χ4v) is 3.26. The van der Waals surface area contributed by atoms with Crippen molar-refractivity contribution in [2.45, 2.75) is 31.9 Å². The molecule has 0 saturated heterocycles. The summed E-state index contributed by atoms with van der Waals surface area (Å²) in [6.07, 6.45) is 1.94. The van der Waals surface area contributed by atoms with Gasteiger partial charge in [0.1, 0.15) is 6.10 Å². The lowest BCUT2D eigenvalue weighted by Gasteiger charge is -2.17. The smallest absolute Gasteiger partial charge is 0.338 e.